The van der Waals surface area contributed by atoms with Gasteiger partial charge in [-0.15, -0.1) is 0 Å². The van der Waals surface area contributed by atoms with Crippen LogP contribution < -0.4 is 10.6 Å². The Morgan fingerprint density at radius 3 is 2.58 bits per heavy atom. The first-order valence-electron chi connectivity index (χ1n) is 7.49. The molecule has 2 aromatic carbocycles. The van der Waals surface area contributed by atoms with Crippen molar-refractivity contribution in [2.45, 2.75) is 0 Å². The van der Waals surface area contributed by atoms with E-state index in [0.717, 1.165) is 11.3 Å². The fourth-order valence-corrected chi connectivity index (χ4v) is 2.59. The molecule has 0 saturated carbocycles. The summed E-state index contributed by atoms with van der Waals surface area (Å²) in [5.41, 5.74) is 8.19. The average Bonchev–Trinajstić information content (AvgIpc) is 2.60. The summed E-state index contributed by atoms with van der Waals surface area (Å²) in [6, 6.07) is 14.0. The molecule has 0 fully saturated rings. The molecular formula is C19H17N3O2. The van der Waals surface area contributed by atoms with E-state index in [2.05, 4.69) is 0 Å². The smallest absolute Gasteiger partial charge is 0.262 e. The third-order valence-electron chi connectivity index (χ3n) is 3.78. The number of aromatic hydroxyl groups is 1. The number of rotatable bonds is 3. The van der Waals surface area contributed by atoms with Gasteiger partial charge < -0.3 is 15.7 Å². The molecule has 120 valence electrons. The molecule has 1 aliphatic rings. The van der Waals surface area contributed by atoms with Crippen molar-refractivity contribution in [3.8, 4) is 5.75 Å². The van der Waals surface area contributed by atoms with Gasteiger partial charge in [0, 0.05) is 6.54 Å². The lowest BCUT2D eigenvalue weighted by molar-refractivity contribution is -0.114. The van der Waals surface area contributed by atoms with Crippen molar-refractivity contribution >= 4 is 29.6 Å². The van der Waals surface area contributed by atoms with Crippen LogP contribution >= 0.6 is 0 Å². The summed E-state index contributed by atoms with van der Waals surface area (Å²) >= 11 is 0. The third-order valence-corrected chi connectivity index (χ3v) is 3.78. The van der Waals surface area contributed by atoms with Gasteiger partial charge in [0.1, 0.15) is 11.6 Å². The molecule has 1 heterocycles. The molecule has 2 aromatic rings. The zero-order valence-corrected chi connectivity index (χ0v) is 12.9. The second kappa shape index (κ2) is 6.42. The Labute approximate surface area is 139 Å². The van der Waals surface area contributed by atoms with Crippen molar-refractivity contribution in [2.75, 3.05) is 11.4 Å². The number of carbonyl (C=O) groups is 1. The van der Waals surface area contributed by atoms with E-state index in [1.165, 1.54) is 12.1 Å². The molecule has 1 aliphatic heterocycles. The third kappa shape index (κ3) is 3.05. The molecule has 3 rings (SSSR count). The number of para-hydroxylation sites is 1. The fraction of sp³-hybridized carbons (Fsp3) is 0.0526. The minimum absolute atomic E-state index is 0.116. The number of amidine groups is 1. The number of anilines is 1. The lowest BCUT2D eigenvalue weighted by Crippen LogP contribution is -2.37. The Morgan fingerprint density at radius 2 is 1.88 bits per heavy atom. The molecule has 24 heavy (non-hydrogen) atoms. The van der Waals surface area contributed by atoms with Crippen LogP contribution in [-0.4, -0.2) is 23.4 Å². The van der Waals surface area contributed by atoms with E-state index in [-0.39, 0.29) is 23.1 Å². The zero-order valence-electron chi connectivity index (χ0n) is 12.9. The number of phenolic OH excluding ortho intramolecular Hbond substituents is 1. The van der Waals surface area contributed by atoms with Gasteiger partial charge in [0.05, 0.1) is 11.3 Å². The summed E-state index contributed by atoms with van der Waals surface area (Å²) in [7, 11) is 0. The second-order valence-electron chi connectivity index (χ2n) is 5.44. The molecule has 0 bridgehead atoms. The summed E-state index contributed by atoms with van der Waals surface area (Å²) in [6.45, 7) is 0.427. The van der Waals surface area contributed by atoms with E-state index in [0.29, 0.717) is 12.1 Å². The van der Waals surface area contributed by atoms with Crippen molar-refractivity contribution in [3.63, 3.8) is 0 Å². The quantitative estimate of drug-likeness (QED) is 0.461. The summed E-state index contributed by atoms with van der Waals surface area (Å²) in [5.74, 6) is -0.481. The van der Waals surface area contributed by atoms with Gasteiger partial charge in [-0.2, -0.15) is 0 Å². The van der Waals surface area contributed by atoms with Gasteiger partial charge in [-0.25, -0.2) is 0 Å². The van der Waals surface area contributed by atoms with Crippen LogP contribution in [0.1, 0.15) is 11.1 Å². The largest absolute Gasteiger partial charge is 0.508 e. The van der Waals surface area contributed by atoms with Crippen LogP contribution in [0.5, 0.6) is 5.75 Å². The molecular weight excluding hydrogens is 302 g/mol. The minimum atomic E-state index is -0.327. The maximum Gasteiger partial charge on any atom is 0.262 e. The van der Waals surface area contributed by atoms with Gasteiger partial charge in [0.15, 0.2) is 0 Å². The molecule has 0 atom stereocenters. The highest BCUT2D eigenvalue weighted by molar-refractivity contribution is 6.27. The standard InChI is InChI=1S/C19H17N3O2/c20-18(21)16(12-13-7-9-15(23)10-8-13)19(24)22-11-3-5-14-4-1-2-6-17(14)22/h1-10,12,23H,11H2,(H3,20,21)/b16-12+. The van der Waals surface area contributed by atoms with Crippen LogP contribution in [0.4, 0.5) is 5.69 Å². The Bertz CT molecular complexity index is 851. The number of nitrogens with one attached hydrogen (secondary N) is 1. The molecule has 0 aromatic heterocycles. The highest BCUT2D eigenvalue weighted by atomic mass is 16.3. The number of nitrogens with two attached hydrogens (primary N) is 1. The molecule has 5 nitrogen and oxygen atoms in total. The van der Waals surface area contributed by atoms with Crippen LogP contribution in [0.15, 0.2) is 60.2 Å². The summed E-state index contributed by atoms with van der Waals surface area (Å²) < 4.78 is 0. The van der Waals surface area contributed by atoms with Gasteiger partial charge in [-0.05, 0) is 35.4 Å². The normalized spacial score (nSPS) is 13.5. The topological polar surface area (TPSA) is 90.4 Å². The Morgan fingerprint density at radius 1 is 1.17 bits per heavy atom. The molecule has 0 spiro atoms. The van der Waals surface area contributed by atoms with Crippen LogP contribution in [0.3, 0.4) is 0 Å². The van der Waals surface area contributed by atoms with Crippen LogP contribution in [0.25, 0.3) is 12.2 Å². The summed E-state index contributed by atoms with van der Waals surface area (Å²) in [4.78, 5) is 14.5. The van der Waals surface area contributed by atoms with E-state index in [1.807, 2.05) is 36.4 Å². The Balaban J connectivity index is 1.98. The lowest BCUT2D eigenvalue weighted by Gasteiger charge is -2.27. The van der Waals surface area contributed by atoms with Crippen LogP contribution in [0, 0.1) is 5.41 Å². The first kappa shape index (κ1) is 15.6. The molecule has 0 radical (unpaired) electrons. The van der Waals surface area contributed by atoms with Crippen molar-refractivity contribution in [1.29, 1.82) is 5.41 Å². The Hall–Kier alpha value is -3.34. The number of nitrogens with zero attached hydrogens (tertiary/aromatic N) is 1. The van der Waals surface area contributed by atoms with E-state index < -0.39 is 0 Å². The van der Waals surface area contributed by atoms with Gasteiger partial charge >= 0.3 is 0 Å². The molecule has 0 unspecified atom stereocenters. The number of amides is 1. The average molecular weight is 319 g/mol. The van der Waals surface area contributed by atoms with Gasteiger partial charge in [0.2, 0.25) is 0 Å². The number of fused-ring (bicyclic) bond motifs is 1. The van der Waals surface area contributed by atoms with E-state index in [9.17, 15) is 9.90 Å². The highest BCUT2D eigenvalue weighted by Gasteiger charge is 2.24. The predicted octanol–water partition coefficient (Wildman–Crippen LogP) is 2.77. The Kier molecular flexibility index (Phi) is 4.16. The minimum Gasteiger partial charge on any atom is -0.508 e. The van der Waals surface area contributed by atoms with Gasteiger partial charge in [-0.1, -0.05) is 42.5 Å². The highest BCUT2D eigenvalue weighted by Crippen LogP contribution is 2.27. The summed E-state index contributed by atoms with van der Waals surface area (Å²) in [5, 5.41) is 17.1. The monoisotopic (exact) mass is 319 g/mol. The molecule has 0 saturated heterocycles. The van der Waals surface area contributed by atoms with Crippen molar-refractivity contribution < 1.29 is 9.90 Å². The summed E-state index contributed by atoms with van der Waals surface area (Å²) in [6.07, 6.45) is 5.43. The second-order valence-corrected chi connectivity index (χ2v) is 5.44. The number of hydrogen-bond donors (Lipinski definition) is 3. The SMILES string of the molecule is N=C(N)/C(=C\c1ccc(O)cc1)C(=O)N1CC=Cc2ccccc21. The predicted molar refractivity (Wildman–Crippen MR) is 95.8 cm³/mol. The van der Waals surface area contributed by atoms with Crippen molar-refractivity contribution in [2.24, 2.45) is 5.73 Å². The van der Waals surface area contributed by atoms with Gasteiger partial charge in [-0.3, -0.25) is 10.2 Å². The maximum absolute atomic E-state index is 12.9. The number of benzene rings is 2. The zero-order chi connectivity index (χ0) is 17.1. The number of phenols is 1. The molecule has 1 amide bonds. The van der Waals surface area contributed by atoms with Crippen LogP contribution in [0.2, 0.25) is 0 Å². The fourth-order valence-electron chi connectivity index (χ4n) is 2.59. The molecule has 5 heteroatoms. The maximum atomic E-state index is 12.9. The van der Waals surface area contributed by atoms with Crippen molar-refractivity contribution in [1.82, 2.24) is 0 Å². The lowest BCUT2D eigenvalue weighted by atomic mass is 10.0. The first-order valence-corrected chi connectivity index (χ1v) is 7.49. The van der Waals surface area contributed by atoms with Crippen LogP contribution in [-0.2, 0) is 4.79 Å². The number of hydrogen-bond acceptors (Lipinski definition) is 3. The molecule has 4 N–H and O–H groups in total. The van der Waals surface area contributed by atoms with E-state index in [1.54, 1.807) is 23.1 Å². The van der Waals surface area contributed by atoms with E-state index in [4.69, 9.17) is 11.1 Å². The number of carbonyl (C=O) groups excluding carboxylic acids is 1. The first-order chi connectivity index (χ1) is 11.6. The molecule has 0 aliphatic carbocycles. The van der Waals surface area contributed by atoms with Crippen molar-refractivity contribution in [3.05, 3.63) is 71.3 Å². The van der Waals surface area contributed by atoms with Gasteiger partial charge in [0.25, 0.3) is 5.91 Å². The van der Waals surface area contributed by atoms with E-state index >= 15 is 0 Å².